The Morgan fingerprint density at radius 1 is 1.38 bits per heavy atom. The van der Waals surface area contributed by atoms with Gasteiger partial charge in [0.25, 0.3) is 5.69 Å². The first-order valence-electron chi connectivity index (χ1n) is 6.33. The number of carboxylic acid groups (broad SMARTS) is 1. The van der Waals surface area contributed by atoms with Crippen LogP contribution in [0.15, 0.2) is 18.2 Å². The lowest BCUT2D eigenvalue weighted by Crippen LogP contribution is -2.05. The van der Waals surface area contributed by atoms with Crippen molar-refractivity contribution in [1.29, 1.82) is 0 Å². The molecule has 21 heavy (non-hydrogen) atoms. The number of carbonyl (C=O) groups is 1. The highest BCUT2D eigenvalue weighted by Crippen LogP contribution is 2.27. The second-order valence-corrected chi connectivity index (χ2v) is 4.88. The fourth-order valence-electron chi connectivity index (χ4n) is 2.28. The van der Waals surface area contributed by atoms with Crippen LogP contribution in [-0.2, 0) is 11.2 Å². The number of rotatable bonds is 4. The van der Waals surface area contributed by atoms with Crippen molar-refractivity contribution in [2.75, 3.05) is 0 Å². The second kappa shape index (κ2) is 5.35. The molecule has 2 rings (SSSR count). The van der Waals surface area contributed by atoms with E-state index in [1.165, 1.54) is 10.7 Å². The molecule has 0 fully saturated rings. The summed E-state index contributed by atoms with van der Waals surface area (Å²) in [5.74, 6) is -0.959. The van der Waals surface area contributed by atoms with Crippen LogP contribution in [0.3, 0.4) is 0 Å². The van der Waals surface area contributed by atoms with Crippen molar-refractivity contribution < 1.29 is 14.8 Å². The molecule has 0 bridgehead atoms. The molecule has 0 saturated carbocycles. The number of benzene rings is 1. The molecular formula is C14H15N3O4. The van der Waals surface area contributed by atoms with E-state index in [-0.39, 0.29) is 12.1 Å². The lowest BCUT2D eigenvalue weighted by Gasteiger charge is -2.06. The van der Waals surface area contributed by atoms with Gasteiger partial charge in [-0.25, -0.2) is 4.68 Å². The van der Waals surface area contributed by atoms with Gasteiger partial charge in [0.2, 0.25) is 0 Å². The Kier molecular flexibility index (Phi) is 3.75. The van der Waals surface area contributed by atoms with Gasteiger partial charge in [-0.3, -0.25) is 14.9 Å². The van der Waals surface area contributed by atoms with E-state index in [1.54, 1.807) is 32.9 Å². The van der Waals surface area contributed by atoms with Crippen LogP contribution in [0, 0.1) is 30.9 Å². The SMILES string of the molecule is Cc1ccc(-n2nc(C)c(CC(=O)O)c2C)c([N+](=O)[O-])c1. The van der Waals surface area contributed by atoms with Crippen LogP contribution in [-0.4, -0.2) is 25.8 Å². The molecule has 0 unspecified atom stereocenters. The lowest BCUT2D eigenvalue weighted by molar-refractivity contribution is -0.384. The highest BCUT2D eigenvalue weighted by molar-refractivity contribution is 5.71. The molecule has 0 atom stereocenters. The van der Waals surface area contributed by atoms with Gasteiger partial charge < -0.3 is 5.11 Å². The number of aryl methyl sites for hydroxylation is 2. The minimum absolute atomic E-state index is 0.0533. The topological polar surface area (TPSA) is 98.3 Å². The number of hydrogen-bond donors (Lipinski definition) is 1. The number of carboxylic acids is 1. The molecule has 1 heterocycles. The van der Waals surface area contributed by atoms with E-state index in [0.29, 0.717) is 22.6 Å². The van der Waals surface area contributed by atoms with Crippen LogP contribution in [0.4, 0.5) is 5.69 Å². The Balaban J connectivity index is 2.63. The molecule has 0 amide bonds. The maximum absolute atomic E-state index is 11.2. The van der Waals surface area contributed by atoms with E-state index in [2.05, 4.69) is 5.10 Å². The molecule has 0 aliphatic heterocycles. The molecule has 0 aliphatic rings. The zero-order valence-electron chi connectivity index (χ0n) is 12.0. The number of nitrogens with zero attached hydrogens (tertiary/aromatic N) is 3. The monoisotopic (exact) mass is 289 g/mol. The van der Waals surface area contributed by atoms with E-state index in [0.717, 1.165) is 5.56 Å². The van der Waals surface area contributed by atoms with Crippen LogP contribution in [0.25, 0.3) is 5.69 Å². The molecule has 7 nitrogen and oxygen atoms in total. The van der Waals surface area contributed by atoms with Crippen molar-refractivity contribution in [2.24, 2.45) is 0 Å². The number of aromatic nitrogens is 2. The third-order valence-electron chi connectivity index (χ3n) is 3.32. The average Bonchev–Trinajstić information content (AvgIpc) is 2.66. The summed E-state index contributed by atoms with van der Waals surface area (Å²) in [5.41, 5.74) is 2.80. The minimum Gasteiger partial charge on any atom is -0.481 e. The van der Waals surface area contributed by atoms with E-state index in [1.807, 2.05) is 0 Å². The molecule has 0 spiro atoms. The lowest BCUT2D eigenvalue weighted by atomic mass is 10.1. The van der Waals surface area contributed by atoms with Crippen molar-refractivity contribution >= 4 is 11.7 Å². The molecule has 0 radical (unpaired) electrons. The zero-order valence-corrected chi connectivity index (χ0v) is 12.0. The Morgan fingerprint density at radius 3 is 2.62 bits per heavy atom. The Bertz CT molecular complexity index is 734. The van der Waals surface area contributed by atoms with Gasteiger partial charge in [-0.2, -0.15) is 5.10 Å². The van der Waals surface area contributed by atoms with E-state index in [4.69, 9.17) is 5.11 Å². The fraction of sp³-hybridized carbons (Fsp3) is 0.286. The van der Waals surface area contributed by atoms with Crippen LogP contribution in [0.2, 0.25) is 0 Å². The summed E-state index contributed by atoms with van der Waals surface area (Å²) in [7, 11) is 0. The van der Waals surface area contributed by atoms with Crippen molar-refractivity contribution in [1.82, 2.24) is 9.78 Å². The molecule has 1 N–H and O–H groups in total. The Hall–Kier alpha value is -2.70. The van der Waals surface area contributed by atoms with Crippen molar-refractivity contribution in [3.8, 4) is 5.69 Å². The van der Waals surface area contributed by atoms with Gasteiger partial charge in [-0.1, -0.05) is 6.07 Å². The highest BCUT2D eigenvalue weighted by atomic mass is 16.6. The first-order chi connectivity index (χ1) is 9.81. The van der Waals surface area contributed by atoms with Crippen LogP contribution >= 0.6 is 0 Å². The number of hydrogen-bond acceptors (Lipinski definition) is 4. The molecule has 0 aliphatic carbocycles. The minimum atomic E-state index is -0.959. The fourth-order valence-corrected chi connectivity index (χ4v) is 2.28. The summed E-state index contributed by atoms with van der Waals surface area (Å²) in [6.45, 7) is 5.18. The molecule has 7 heteroatoms. The van der Waals surface area contributed by atoms with Gasteiger partial charge in [0.1, 0.15) is 5.69 Å². The molecule has 110 valence electrons. The molecule has 1 aromatic heterocycles. The summed E-state index contributed by atoms with van der Waals surface area (Å²) < 4.78 is 1.44. The largest absolute Gasteiger partial charge is 0.481 e. The Morgan fingerprint density at radius 2 is 2.05 bits per heavy atom. The van der Waals surface area contributed by atoms with E-state index >= 15 is 0 Å². The summed E-state index contributed by atoms with van der Waals surface area (Å²) in [5, 5.41) is 24.4. The molecule has 2 aromatic rings. The first-order valence-corrected chi connectivity index (χ1v) is 6.33. The standard InChI is InChI=1S/C14H15N3O4/c1-8-4-5-12(13(6-8)17(20)21)16-10(3)11(7-14(18)19)9(2)15-16/h4-6H,7H2,1-3H3,(H,18,19). The number of nitro benzene ring substituents is 1. The number of aliphatic carboxylic acids is 1. The predicted molar refractivity (Wildman–Crippen MR) is 75.8 cm³/mol. The molecular weight excluding hydrogens is 274 g/mol. The van der Waals surface area contributed by atoms with Gasteiger partial charge in [-0.15, -0.1) is 0 Å². The average molecular weight is 289 g/mol. The summed E-state index contributed by atoms with van der Waals surface area (Å²) in [6.07, 6.45) is -0.155. The zero-order chi connectivity index (χ0) is 15.7. The third-order valence-corrected chi connectivity index (χ3v) is 3.32. The third kappa shape index (κ3) is 2.76. The van der Waals surface area contributed by atoms with Gasteiger partial charge in [0.15, 0.2) is 0 Å². The maximum Gasteiger partial charge on any atom is 0.307 e. The quantitative estimate of drug-likeness (QED) is 0.688. The smallest absolute Gasteiger partial charge is 0.307 e. The normalized spacial score (nSPS) is 10.6. The van der Waals surface area contributed by atoms with Gasteiger partial charge >= 0.3 is 5.97 Å². The molecule has 1 aromatic carbocycles. The van der Waals surface area contributed by atoms with Gasteiger partial charge in [-0.05, 0) is 32.4 Å². The van der Waals surface area contributed by atoms with Crippen molar-refractivity contribution in [2.45, 2.75) is 27.2 Å². The molecule has 0 saturated heterocycles. The van der Waals surface area contributed by atoms with Crippen LogP contribution in [0.1, 0.15) is 22.5 Å². The van der Waals surface area contributed by atoms with Gasteiger partial charge in [0, 0.05) is 17.3 Å². The first kappa shape index (κ1) is 14.7. The predicted octanol–water partition coefficient (Wildman–Crippen LogP) is 2.33. The maximum atomic E-state index is 11.2. The van der Waals surface area contributed by atoms with Crippen molar-refractivity contribution in [3.05, 3.63) is 50.8 Å². The van der Waals surface area contributed by atoms with E-state index < -0.39 is 10.9 Å². The Labute approximate surface area is 121 Å². The van der Waals surface area contributed by atoms with E-state index in [9.17, 15) is 14.9 Å². The number of nitro groups is 1. The summed E-state index contributed by atoms with van der Waals surface area (Å²) in [4.78, 5) is 21.6. The van der Waals surface area contributed by atoms with Gasteiger partial charge in [0.05, 0.1) is 17.0 Å². The van der Waals surface area contributed by atoms with Crippen LogP contribution in [0.5, 0.6) is 0 Å². The van der Waals surface area contributed by atoms with Crippen LogP contribution < -0.4 is 0 Å². The van der Waals surface area contributed by atoms with Crippen molar-refractivity contribution in [3.63, 3.8) is 0 Å². The second-order valence-electron chi connectivity index (χ2n) is 4.88. The summed E-state index contributed by atoms with van der Waals surface area (Å²) in [6, 6.07) is 4.86. The summed E-state index contributed by atoms with van der Waals surface area (Å²) >= 11 is 0. The highest BCUT2D eigenvalue weighted by Gasteiger charge is 2.21.